The Morgan fingerprint density at radius 1 is 1.29 bits per heavy atom. The highest BCUT2D eigenvalue weighted by Crippen LogP contribution is 2.09. The summed E-state index contributed by atoms with van der Waals surface area (Å²) in [5.74, 6) is -0.526. The number of amides is 1. The zero-order valence-electron chi connectivity index (χ0n) is 11.6. The van der Waals surface area contributed by atoms with E-state index < -0.39 is 11.5 Å². The summed E-state index contributed by atoms with van der Waals surface area (Å²) in [6.07, 6.45) is 1.52. The quantitative estimate of drug-likeness (QED) is 0.661. The molecule has 21 heavy (non-hydrogen) atoms. The monoisotopic (exact) mass is 347 g/mol. The van der Waals surface area contributed by atoms with E-state index >= 15 is 0 Å². The molecule has 0 fully saturated rings. The number of nitrogens with one attached hydrogen (secondary N) is 2. The molecule has 2 aromatic rings. The molecule has 0 spiro atoms. The van der Waals surface area contributed by atoms with E-state index in [-0.39, 0.29) is 5.56 Å². The molecule has 0 radical (unpaired) electrons. The van der Waals surface area contributed by atoms with Crippen LogP contribution in [0.3, 0.4) is 0 Å². The number of aromatic amines is 1. The largest absolute Gasteiger partial charge is 0.326 e. The van der Waals surface area contributed by atoms with Crippen LogP contribution in [0.15, 0.2) is 44.7 Å². The highest BCUT2D eigenvalue weighted by molar-refractivity contribution is 9.10. The van der Waals surface area contributed by atoms with Gasteiger partial charge in [-0.1, -0.05) is 28.1 Å². The first kappa shape index (κ1) is 15.2. The Kier molecular flexibility index (Phi) is 4.70. The lowest BCUT2D eigenvalue weighted by atomic mass is 10.1. The zero-order chi connectivity index (χ0) is 15.4. The summed E-state index contributed by atoms with van der Waals surface area (Å²) in [5.41, 5.74) is 4.20. The van der Waals surface area contributed by atoms with Crippen molar-refractivity contribution in [2.24, 2.45) is 5.10 Å². The van der Waals surface area contributed by atoms with Gasteiger partial charge >= 0.3 is 0 Å². The standard InChI is InChI=1S/C15H14BrN3O2/c1-9-7-10(2)18-14(20)13(9)15(21)19-17-8-11-3-5-12(16)6-4-11/h3-8H,1-2H3,(H,18,20)(H,19,21). The second-order valence-electron chi connectivity index (χ2n) is 4.59. The van der Waals surface area contributed by atoms with E-state index in [1.807, 2.05) is 24.3 Å². The molecule has 2 rings (SSSR count). The van der Waals surface area contributed by atoms with Gasteiger partial charge < -0.3 is 4.98 Å². The lowest BCUT2D eigenvalue weighted by Gasteiger charge is -2.04. The van der Waals surface area contributed by atoms with Crippen molar-refractivity contribution in [3.63, 3.8) is 0 Å². The first-order valence-corrected chi connectivity index (χ1v) is 7.06. The minimum atomic E-state index is -0.526. The highest BCUT2D eigenvalue weighted by atomic mass is 79.9. The van der Waals surface area contributed by atoms with Crippen LogP contribution in [0.4, 0.5) is 0 Å². The van der Waals surface area contributed by atoms with Gasteiger partial charge in [-0.05, 0) is 43.2 Å². The van der Waals surface area contributed by atoms with Crippen LogP contribution in [0, 0.1) is 13.8 Å². The van der Waals surface area contributed by atoms with Gasteiger partial charge in [0.25, 0.3) is 11.5 Å². The topological polar surface area (TPSA) is 74.3 Å². The highest BCUT2D eigenvalue weighted by Gasteiger charge is 2.13. The van der Waals surface area contributed by atoms with Crippen LogP contribution in [0.2, 0.25) is 0 Å². The summed E-state index contributed by atoms with van der Waals surface area (Å²) in [6, 6.07) is 9.19. The van der Waals surface area contributed by atoms with Crippen molar-refractivity contribution in [3.05, 3.63) is 67.5 Å². The van der Waals surface area contributed by atoms with Crippen LogP contribution in [0.25, 0.3) is 0 Å². The number of pyridine rings is 1. The van der Waals surface area contributed by atoms with Crippen LogP contribution >= 0.6 is 15.9 Å². The lowest BCUT2D eigenvalue weighted by Crippen LogP contribution is -2.28. The Hall–Kier alpha value is -2.21. The summed E-state index contributed by atoms with van der Waals surface area (Å²) in [6.45, 7) is 3.48. The Labute approximate surface area is 130 Å². The third-order valence-corrected chi connectivity index (χ3v) is 3.37. The van der Waals surface area contributed by atoms with Crippen LogP contribution in [-0.4, -0.2) is 17.1 Å². The van der Waals surface area contributed by atoms with E-state index in [0.29, 0.717) is 11.3 Å². The number of hydrogen-bond donors (Lipinski definition) is 2. The summed E-state index contributed by atoms with van der Waals surface area (Å²) < 4.78 is 0.963. The van der Waals surface area contributed by atoms with Crippen LogP contribution in [0.5, 0.6) is 0 Å². The molecule has 1 amide bonds. The van der Waals surface area contributed by atoms with E-state index in [1.54, 1.807) is 19.9 Å². The number of carbonyl (C=O) groups is 1. The molecule has 0 saturated heterocycles. The van der Waals surface area contributed by atoms with Crippen molar-refractivity contribution in [2.75, 3.05) is 0 Å². The third kappa shape index (κ3) is 3.88. The van der Waals surface area contributed by atoms with Gasteiger partial charge in [-0.25, -0.2) is 5.43 Å². The Bertz CT molecular complexity index is 749. The van der Waals surface area contributed by atoms with Crippen molar-refractivity contribution in [1.82, 2.24) is 10.4 Å². The van der Waals surface area contributed by atoms with E-state index in [2.05, 4.69) is 31.4 Å². The van der Waals surface area contributed by atoms with E-state index in [4.69, 9.17) is 0 Å². The summed E-state index contributed by atoms with van der Waals surface area (Å²) >= 11 is 3.34. The Morgan fingerprint density at radius 2 is 1.95 bits per heavy atom. The predicted molar refractivity (Wildman–Crippen MR) is 85.7 cm³/mol. The molecule has 0 bridgehead atoms. The molecule has 0 saturated carbocycles. The van der Waals surface area contributed by atoms with E-state index in [0.717, 1.165) is 10.0 Å². The molecule has 1 aromatic carbocycles. The molecule has 5 nitrogen and oxygen atoms in total. The normalized spacial score (nSPS) is 10.8. The molecule has 108 valence electrons. The molecular weight excluding hydrogens is 334 g/mol. The number of aryl methyl sites for hydroxylation is 2. The molecular formula is C15H14BrN3O2. The molecule has 0 aliphatic carbocycles. The number of hydrogen-bond acceptors (Lipinski definition) is 3. The third-order valence-electron chi connectivity index (χ3n) is 2.84. The summed E-state index contributed by atoms with van der Waals surface area (Å²) in [4.78, 5) is 26.4. The van der Waals surface area contributed by atoms with Crippen molar-refractivity contribution in [1.29, 1.82) is 0 Å². The molecule has 6 heteroatoms. The zero-order valence-corrected chi connectivity index (χ0v) is 13.2. The lowest BCUT2D eigenvalue weighted by molar-refractivity contribution is 0.0953. The van der Waals surface area contributed by atoms with Gasteiger partial charge in [0.15, 0.2) is 0 Å². The minimum Gasteiger partial charge on any atom is -0.326 e. The molecule has 2 N–H and O–H groups in total. The van der Waals surface area contributed by atoms with Crippen LogP contribution in [-0.2, 0) is 0 Å². The van der Waals surface area contributed by atoms with Crippen LogP contribution < -0.4 is 11.0 Å². The Balaban J connectivity index is 2.12. The van der Waals surface area contributed by atoms with E-state index in [1.165, 1.54) is 6.21 Å². The molecule has 0 unspecified atom stereocenters. The number of carbonyl (C=O) groups excluding carboxylic acids is 1. The van der Waals surface area contributed by atoms with Gasteiger partial charge in [0, 0.05) is 10.2 Å². The minimum absolute atomic E-state index is 0.0774. The SMILES string of the molecule is Cc1cc(C)c(C(=O)NN=Cc2ccc(Br)cc2)c(=O)[nH]1. The molecule has 0 aliphatic heterocycles. The molecule has 1 aromatic heterocycles. The average molecular weight is 348 g/mol. The number of benzene rings is 1. The van der Waals surface area contributed by atoms with Crippen molar-refractivity contribution in [2.45, 2.75) is 13.8 Å². The smallest absolute Gasteiger partial charge is 0.277 e. The van der Waals surface area contributed by atoms with Crippen molar-refractivity contribution in [3.8, 4) is 0 Å². The fourth-order valence-electron chi connectivity index (χ4n) is 1.91. The first-order valence-electron chi connectivity index (χ1n) is 6.27. The number of halogens is 1. The summed E-state index contributed by atoms with van der Waals surface area (Å²) in [5, 5.41) is 3.86. The fraction of sp³-hybridized carbons (Fsp3) is 0.133. The van der Waals surface area contributed by atoms with Crippen molar-refractivity contribution < 1.29 is 4.79 Å². The van der Waals surface area contributed by atoms with E-state index in [9.17, 15) is 9.59 Å². The number of nitrogens with zero attached hydrogens (tertiary/aromatic N) is 1. The average Bonchev–Trinajstić information content (AvgIpc) is 2.40. The molecule has 0 aliphatic rings. The van der Waals surface area contributed by atoms with Gasteiger partial charge in [-0.15, -0.1) is 0 Å². The summed E-state index contributed by atoms with van der Waals surface area (Å²) in [7, 11) is 0. The molecule has 0 atom stereocenters. The fourth-order valence-corrected chi connectivity index (χ4v) is 2.17. The second-order valence-corrected chi connectivity index (χ2v) is 5.51. The predicted octanol–water partition coefficient (Wildman–Crippen LogP) is 2.52. The van der Waals surface area contributed by atoms with Crippen LogP contribution in [0.1, 0.15) is 27.2 Å². The van der Waals surface area contributed by atoms with Crippen molar-refractivity contribution >= 4 is 28.1 Å². The number of H-pyrrole nitrogens is 1. The van der Waals surface area contributed by atoms with Gasteiger partial charge in [0.1, 0.15) is 5.56 Å². The van der Waals surface area contributed by atoms with Gasteiger partial charge in [-0.2, -0.15) is 5.10 Å². The van der Waals surface area contributed by atoms with Gasteiger partial charge in [-0.3, -0.25) is 9.59 Å². The maximum Gasteiger partial charge on any atom is 0.277 e. The maximum absolute atomic E-state index is 12.0. The number of aromatic nitrogens is 1. The second kappa shape index (κ2) is 6.49. The van der Waals surface area contributed by atoms with Gasteiger partial charge in [0.05, 0.1) is 6.21 Å². The Morgan fingerprint density at radius 3 is 2.57 bits per heavy atom. The van der Waals surface area contributed by atoms with Gasteiger partial charge in [0.2, 0.25) is 0 Å². The first-order chi connectivity index (χ1) is 9.97. The molecule has 1 heterocycles. The number of rotatable bonds is 3. The maximum atomic E-state index is 12.0. The number of hydrazone groups is 1.